The van der Waals surface area contributed by atoms with Gasteiger partial charge in [0, 0.05) is 0 Å². The molecule has 0 aromatic rings. The largest absolute Gasteiger partial charge is 0.0620 e. The normalized spacial score (nSPS) is 33.6. The first-order valence-corrected chi connectivity index (χ1v) is 7.61. The lowest BCUT2D eigenvalue weighted by Gasteiger charge is -2.45. The minimum atomic E-state index is 0.620. The zero-order valence-corrected chi connectivity index (χ0v) is 11.6. The first-order chi connectivity index (χ1) is 7.61. The molecule has 0 spiro atoms. The van der Waals surface area contributed by atoms with Crippen molar-refractivity contribution in [2.75, 3.05) is 0 Å². The van der Waals surface area contributed by atoms with Crippen LogP contribution in [0.25, 0.3) is 0 Å². The van der Waals surface area contributed by atoms with Crippen LogP contribution in [-0.2, 0) is 0 Å². The lowest BCUT2D eigenvalue weighted by atomic mass is 9.60. The van der Waals surface area contributed by atoms with Gasteiger partial charge in [-0.05, 0) is 36.0 Å². The molecule has 0 aliphatic heterocycles. The Bertz CT molecular complexity index is 210. The summed E-state index contributed by atoms with van der Waals surface area (Å²) in [4.78, 5) is 0. The van der Waals surface area contributed by atoms with Gasteiger partial charge < -0.3 is 0 Å². The summed E-state index contributed by atoms with van der Waals surface area (Å²) in [5, 5.41) is 0. The average Bonchev–Trinajstić information content (AvgIpc) is 2.29. The van der Waals surface area contributed by atoms with Crippen LogP contribution in [-0.4, -0.2) is 0 Å². The van der Waals surface area contributed by atoms with Crippen LogP contribution in [0.3, 0.4) is 0 Å². The Balaban J connectivity index is 1.98. The molecular formula is C16H30. The standard InChI is InChI=1S/C16H30/c1-13(14-9-5-4-6-10-14)15-11-7-8-12-16(15,2)3/h13-15H,4-12H2,1-3H3. The Morgan fingerprint density at radius 3 is 2.12 bits per heavy atom. The second kappa shape index (κ2) is 5.10. The SMILES string of the molecule is CC(C1CCCCC1)C1CCCCC1(C)C. The fourth-order valence-electron chi connectivity index (χ4n) is 4.48. The monoisotopic (exact) mass is 222 g/mol. The molecule has 0 N–H and O–H groups in total. The second-order valence-corrected chi connectivity index (χ2v) is 7.10. The quantitative estimate of drug-likeness (QED) is 0.585. The van der Waals surface area contributed by atoms with Crippen LogP contribution in [0.5, 0.6) is 0 Å². The van der Waals surface area contributed by atoms with Gasteiger partial charge in [0.05, 0.1) is 0 Å². The highest BCUT2D eigenvalue weighted by molar-refractivity contribution is 4.88. The molecule has 0 heterocycles. The van der Waals surface area contributed by atoms with Gasteiger partial charge in [0.2, 0.25) is 0 Å². The molecule has 0 aromatic carbocycles. The van der Waals surface area contributed by atoms with Crippen molar-refractivity contribution in [1.29, 1.82) is 0 Å². The summed E-state index contributed by atoms with van der Waals surface area (Å²) in [6.07, 6.45) is 13.5. The van der Waals surface area contributed by atoms with Gasteiger partial charge in [0.15, 0.2) is 0 Å². The maximum Gasteiger partial charge on any atom is -0.0323 e. The third-order valence-corrected chi connectivity index (χ3v) is 5.62. The summed E-state index contributed by atoms with van der Waals surface area (Å²) in [5.74, 6) is 3.04. The van der Waals surface area contributed by atoms with Gasteiger partial charge in [-0.2, -0.15) is 0 Å². The molecule has 2 saturated carbocycles. The lowest BCUT2D eigenvalue weighted by Crippen LogP contribution is -2.36. The van der Waals surface area contributed by atoms with E-state index in [0.29, 0.717) is 5.41 Å². The lowest BCUT2D eigenvalue weighted by molar-refractivity contribution is 0.0488. The molecule has 2 fully saturated rings. The molecule has 0 saturated heterocycles. The maximum atomic E-state index is 2.56. The maximum absolute atomic E-state index is 2.56. The Hall–Kier alpha value is 0. The average molecular weight is 222 g/mol. The molecule has 0 amide bonds. The smallest absolute Gasteiger partial charge is 0.0323 e. The van der Waals surface area contributed by atoms with Crippen molar-refractivity contribution < 1.29 is 0 Å². The molecule has 2 unspecified atom stereocenters. The van der Waals surface area contributed by atoms with E-state index in [2.05, 4.69) is 20.8 Å². The zero-order valence-electron chi connectivity index (χ0n) is 11.6. The highest BCUT2D eigenvalue weighted by Gasteiger charge is 2.38. The van der Waals surface area contributed by atoms with Crippen molar-refractivity contribution in [3.8, 4) is 0 Å². The molecule has 0 radical (unpaired) electrons. The summed E-state index contributed by atoms with van der Waals surface area (Å²) in [5.41, 5.74) is 0.620. The summed E-state index contributed by atoms with van der Waals surface area (Å²) in [7, 11) is 0. The van der Waals surface area contributed by atoms with Crippen LogP contribution in [0.4, 0.5) is 0 Å². The molecule has 2 aliphatic rings. The molecule has 0 bridgehead atoms. The molecule has 2 aliphatic carbocycles. The van der Waals surface area contributed by atoms with E-state index in [1.165, 1.54) is 57.8 Å². The van der Waals surface area contributed by atoms with Crippen LogP contribution in [0.1, 0.15) is 78.6 Å². The molecular weight excluding hydrogens is 192 g/mol. The van der Waals surface area contributed by atoms with E-state index >= 15 is 0 Å². The van der Waals surface area contributed by atoms with Gasteiger partial charge in [-0.3, -0.25) is 0 Å². The topological polar surface area (TPSA) is 0 Å². The van der Waals surface area contributed by atoms with Gasteiger partial charge in [0.25, 0.3) is 0 Å². The van der Waals surface area contributed by atoms with Gasteiger partial charge in [0.1, 0.15) is 0 Å². The molecule has 0 nitrogen and oxygen atoms in total. The van der Waals surface area contributed by atoms with E-state index in [-0.39, 0.29) is 0 Å². The molecule has 2 rings (SSSR count). The van der Waals surface area contributed by atoms with Gasteiger partial charge in [-0.25, -0.2) is 0 Å². The first-order valence-electron chi connectivity index (χ1n) is 7.61. The van der Waals surface area contributed by atoms with E-state index in [4.69, 9.17) is 0 Å². The minimum absolute atomic E-state index is 0.620. The Morgan fingerprint density at radius 2 is 1.50 bits per heavy atom. The predicted octanol–water partition coefficient (Wildman–Crippen LogP) is 5.42. The molecule has 16 heavy (non-hydrogen) atoms. The highest BCUT2D eigenvalue weighted by Crippen LogP contribution is 2.48. The van der Waals surface area contributed by atoms with E-state index < -0.39 is 0 Å². The van der Waals surface area contributed by atoms with Gasteiger partial charge >= 0.3 is 0 Å². The Kier molecular flexibility index (Phi) is 3.97. The third-order valence-electron chi connectivity index (χ3n) is 5.62. The van der Waals surface area contributed by atoms with Crippen molar-refractivity contribution in [3.05, 3.63) is 0 Å². The van der Waals surface area contributed by atoms with Gasteiger partial charge in [-0.1, -0.05) is 65.7 Å². The molecule has 94 valence electrons. The summed E-state index contributed by atoms with van der Waals surface area (Å²) >= 11 is 0. The molecule has 0 heteroatoms. The van der Waals surface area contributed by atoms with Crippen molar-refractivity contribution >= 4 is 0 Å². The fraction of sp³-hybridized carbons (Fsp3) is 1.00. The molecule has 0 aromatic heterocycles. The Morgan fingerprint density at radius 1 is 0.875 bits per heavy atom. The summed E-state index contributed by atoms with van der Waals surface area (Å²) in [6.45, 7) is 7.61. The Labute approximate surface area is 102 Å². The van der Waals surface area contributed by atoms with E-state index in [9.17, 15) is 0 Å². The van der Waals surface area contributed by atoms with Crippen LogP contribution in [0.15, 0.2) is 0 Å². The minimum Gasteiger partial charge on any atom is -0.0620 e. The number of rotatable bonds is 2. The van der Waals surface area contributed by atoms with E-state index in [0.717, 1.165) is 17.8 Å². The first kappa shape index (κ1) is 12.5. The van der Waals surface area contributed by atoms with Crippen molar-refractivity contribution in [2.45, 2.75) is 78.6 Å². The second-order valence-electron chi connectivity index (χ2n) is 7.10. The van der Waals surface area contributed by atoms with Crippen molar-refractivity contribution in [1.82, 2.24) is 0 Å². The van der Waals surface area contributed by atoms with Crippen LogP contribution in [0.2, 0.25) is 0 Å². The number of hydrogen-bond acceptors (Lipinski definition) is 0. The highest BCUT2D eigenvalue weighted by atomic mass is 14.4. The fourth-order valence-corrected chi connectivity index (χ4v) is 4.48. The van der Waals surface area contributed by atoms with Gasteiger partial charge in [-0.15, -0.1) is 0 Å². The summed E-state index contributed by atoms with van der Waals surface area (Å²) < 4.78 is 0. The van der Waals surface area contributed by atoms with E-state index in [1.54, 1.807) is 0 Å². The van der Waals surface area contributed by atoms with Crippen molar-refractivity contribution in [3.63, 3.8) is 0 Å². The number of hydrogen-bond donors (Lipinski definition) is 0. The van der Waals surface area contributed by atoms with Crippen molar-refractivity contribution in [2.24, 2.45) is 23.2 Å². The summed E-state index contributed by atoms with van der Waals surface area (Å²) in [6, 6.07) is 0. The predicted molar refractivity (Wildman–Crippen MR) is 71.5 cm³/mol. The third kappa shape index (κ3) is 2.63. The molecule has 2 atom stereocenters. The van der Waals surface area contributed by atoms with Crippen LogP contribution < -0.4 is 0 Å². The zero-order chi connectivity index (χ0) is 11.6. The van der Waals surface area contributed by atoms with Crippen LogP contribution in [0, 0.1) is 23.2 Å². The van der Waals surface area contributed by atoms with E-state index in [1.807, 2.05) is 0 Å². The van der Waals surface area contributed by atoms with Crippen LogP contribution >= 0.6 is 0 Å².